The van der Waals surface area contributed by atoms with E-state index in [9.17, 15) is 0 Å². The van der Waals surface area contributed by atoms with Gasteiger partial charge in [0.15, 0.2) is 0 Å². The van der Waals surface area contributed by atoms with E-state index >= 15 is 0 Å². The zero-order chi connectivity index (χ0) is 6.43. The topological polar surface area (TPSA) is 0 Å². The standard InChI is InChI=1S/C8H13Br/c1-5-2-3-6-7(4-9)8(5)6/h5-8H,2-4H2,1H3. The van der Waals surface area contributed by atoms with Crippen molar-refractivity contribution >= 4 is 15.9 Å². The van der Waals surface area contributed by atoms with Gasteiger partial charge in [0.25, 0.3) is 0 Å². The molecule has 0 bridgehead atoms. The summed E-state index contributed by atoms with van der Waals surface area (Å²) in [5.74, 6) is 4.34. The van der Waals surface area contributed by atoms with Crippen molar-refractivity contribution in [2.45, 2.75) is 19.8 Å². The molecule has 2 saturated carbocycles. The number of halogens is 1. The Morgan fingerprint density at radius 3 is 2.56 bits per heavy atom. The molecule has 0 radical (unpaired) electrons. The molecule has 0 aromatic heterocycles. The van der Waals surface area contributed by atoms with E-state index in [0.29, 0.717) is 0 Å². The van der Waals surface area contributed by atoms with Gasteiger partial charge in [0.1, 0.15) is 0 Å². The Morgan fingerprint density at radius 2 is 2.22 bits per heavy atom. The summed E-state index contributed by atoms with van der Waals surface area (Å²) in [4.78, 5) is 0. The second-order valence-electron chi connectivity index (χ2n) is 3.61. The third-order valence-electron chi connectivity index (χ3n) is 3.19. The fraction of sp³-hybridized carbons (Fsp3) is 1.00. The lowest BCUT2D eigenvalue weighted by molar-refractivity contribution is 0.486. The highest BCUT2D eigenvalue weighted by Gasteiger charge is 2.55. The Bertz CT molecular complexity index is 118. The van der Waals surface area contributed by atoms with Crippen molar-refractivity contribution < 1.29 is 0 Å². The molecule has 0 aromatic rings. The van der Waals surface area contributed by atoms with Crippen LogP contribution in [0.5, 0.6) is 0 Å². The summed E-state index contributed by atoms with van der Waals surface area (Å²) < 4.78 is 0. The van der Waals surface area contributed by atoms with E-state index in [4.69, 9.17) is 0 Å². The molecule has 2 aliphatic carbocycles. The maximum Gasteiger partial charge on any atom is 0.00652 e. The van der Waals surface area contributed by atoms with Gasteiger partial charge < -0.3 is 0 Å². The lowest BCUT2D eigenvalue weighted by atomic mass is 10.0. The lowest BCUT2D eigenvalue weighted by Crippen LogP contribution is -1.96. The maximum atomic E-state index is 3.56. The minimum atomic E-state index is 1.04. The van der Waals surface area contributed by atoms with Crippen LogP contribution in [0.25, 0.3) is 0 Å². The summed E-state index contributed by atoms with van der Waals surface area (Å²) in [6, 6.07) is 0. The van der Waals surface area contributed by atoms with E-state index in [2.05, 4.69) is 22.9 Å². The van der Waals surface area contributed by atoms with Crippen LogP contribution in [-0.4, -0.2) is 5.33 Å². The molecule has 0 N–H and O–H groups in total. The molecule has 4 atom stereocenters. The van der Waals surface area contributed by atoms with Crippen molar-refractivity contribution in [3.8, 4) is 0 Å². The molecule has 0 amide bonds. The molecule has 0 nitrogen and oxygen atoms in total. The summed E-state index contributed by atoms with van der Waals surface area (Å²) >= 11 is 3.56. The number of alkyl halides is 1. The van der Waals surface area contributed by atoms with Gasteiger partial charge in [-0.25, -0.2) is 0 Å². The van der Waals surface area contributed by atoms with Gasteiger partial charge in [0.05, 0.1) is 0 Å². The Hall–Kier alpha value is 0.480. The quantitative estimate of drug-likeness (QED) is 0.556. The van der Waals surface area contributed by atoms with Gasteiger partial charge in [0, 0.05) is 5.33 Å². The highest BCUT2D eigenvalue weighted by molar-refractivity contribution is 9.09. The molecule has 4 unspecified atom stereocenters. The molecule has 0 spiro atoms. The van der Waals surface area contributed by atoms with Crippen LogP contribution in [-0.2, 0) is 0 Å². The third kappa shape index (κ3) is 0.772. The largest absolute Gasteiger partial charge is 0.0925 e. The zero-order valence-electron chi connectivity index (χ0n) is 5.81. The molecule has 0 aromatic carbocycles. The fourth-order valence-electron chi connectivity index (χ4n) is 2.59. The third-order valence-corrected chi connectivity index (χ3v) is 3.94. The summed E-state index contributed by atoms with van der Waals surface area (Å²) in [6.07, 6.45) is 3.01. The van der Waals surface area contributed by atoms with Crippen molar-refractivity contribution in [2.75, 3.05) is 5.33 Å². The number of rotatable bonds is 1. The highest BCUT2D eigenvalue weighted by Crippen LogP contribution is 2.60. The van der Waals surface area contributed by atoms with E-state index in [0.717, 1.165) is 23.7 Å². The molecular formula is C8H13Br. The second kappa shape index (κ2) is 1.98. The van der Waals surface area contributed by atoms with Gasteiger partial charge in [-0.15, -0.1) is 0 Å². The Balaban J connectivity index is 1.98. The smallest absolute Gasteiger partial charge is 0.00652 e. The van der Waals surface area contributed by atoms with E-state index in [1.54, 1.807) is 0 Å². The van der Waals surface area contributed by atoms with Gasteiger partial charge in [0.2, 0.25) is 0 Å². The first-order chi connectivity index (χ1) is 4.34. The summed E-state index contributed by atoms with van der Waals surface area (Å²) in [7, 11) is 0. The first kappa shape index (κ1) is 6.21. The first-order valence-corrected chi connectivity index (χ1v) is 5.02. The van der Waals surface area contributed by atoms with Crippen LogP contribution in [0.2, 0.25) is 0 Å². The van der Waals surface area contributed by atoms with E-state index in [-0.39, 0.29) is 0 Å². The average Bonchev–Trinajstić information content (AvgIpc) is 2.46. The monoisotopic (exact) mass is 188 g/mol. The molecule has 52 valence electrons. The lowest BCUT2D eigenvalue weighted by Gasteiger charge is -2.04. The molecule has 9 heavy (non-hydrogen) atoms. The molecule has 2 aliphatic rings. The van der Waals surface area contributed by atoms with Gasteiger partial charge in [-0.05, 0) is 30.1 Å². The van der Waals surface area contributed by atoms with E-state index in [1.165, 1.54) is 18.2 Å². The van der Waals surface area contributed by atoms with Crippen LogP contribution < -0.4 is 0 Å². The predicted molar refractivity (Wildman–Crippen MR) is 42.7 cm³/mol. The molecule has 1 heteroatoms. The van der Waals surface area contributed by atoms with Crippen molar-refractivity contribution in [2.24, 2.45) is 23.7 Å². The molecule has 2 fully saturated rings. The maximum absolute atomic E-state index is 3.56. The minimum Gasteiger partial charge on any atom is -0.0925 e. The Morgan fingerprint density at radius 1 is 1.44 bits per heavy atom. The zero-order valence-corrected chi connectivity index (χ0v) is 7.39. The number of hydrogen-bond donors (Lipinski definition) is 0. The van der Waals surface area contributed by atoms with Crippen LogP contribution in [0.4, 0.5) is 0 Å². The molecule has 0 saturated heterocycles. The van der Waals surface area contributed by atoms with Crippen LogP contribution in [0.15, 0.2) is 0 Å². The fourth-order valence-corrected chi connectivity index (χ4v) is 3.50. The van der Waals surface area contributed by atoms with Crippen LogP contribution in [0.1, 0.15) is 19.8 Å². The van der Waals surface area contributed by atoms with Gasteiger partial charge in [-0.1, -0.05) is 29.3 Å². The Labute approximate surface area is 65.1 Å². The molecule has 0 heterocycles. The van der Waals surface area contributed by atoms with E-state index < -0.39 is 0 Å². The molecular weight excluding hydrogens is 176 g/mol. The predicted octanol–water partition coefficient (Wildman–Crippen LogP) is 2.67. The normalized spacial score (nSPS) is 55.3. The van der Waals surface area contributed by atoms with Crippen molar-refractivity contribution in [1.29, 1.82) is 0 Å². The van der Waals surface area contributed by atoms with Crippen molar-refractivity contribution in [3.63, 3.8) is 0 Å². The van der Waals surface area contributed by atoms with Gasteiger partial charge >= 0.3 is 0 Å². The van der Waals surface area contributed by atoms with Crippen LogP contribution in [0.3, 0.4) is 0 Å². The summed E-state index contributed by atoms with van der Waals surface area (Å²) in [5, 5.41) is 1.26. The summed E-state index contributed by atoms with van der Waals surface area (Å²) in [6.45, 7) is 2.41. The Kier molecular flexibility index (Phi) is 1.37. The second-order valence-corrected chi connectivity index (χ2v) is 4.26. The van der Waals surface area contributed by atoms with Crippen LogP contribution in [0, 0.1) is 23.7 Å². The number of fused-ring (bicyclic) bond motifs is 1. The molecule has 2 rings (SSSR count). The van der Waals surface area contributed by atoms with Crippen molar-refractivity contribution in [3.05, 3.63) is 0 Å². The molecule has 0 aliphatic heterocycles. The van der Waals surface area contributed by atoms with Gasteiger partial charge in [-0.3, -0.25) is 0 Å². The van der Waals surface area contributed by atoms with Crippen molar-refractivity contribution in [1.82, 2.24) is 0 Å². The van der Waals surface area contributed by atoms with Gasteiger partial charge in [-0.2, -0.15) is 0 Å². The summed E-state index contributed by atoms with van der Waals surface area (Å²) in [5.41, 5.74) is 0. The van der Waals surface area contributed by atoms with E-state index in [1.807, 2.05) is 0 Å². The van der Waals surface area contributed by atoms with Crippen LogP contribution >= 0.6 is 15.9 Å². The number of hydrogen-bond acceptors (Lipinski definition) is 0. The minimum absolute atomic E-state index is 1.04. The SMILES string of the molecule is CC1CCC2C(CBr)C12. The first-order valence-electron chi connectivity index (χ1n) is 3.90. The average molecular weight is 189 g/mol. The highest BCUT2D eigenvalue weighted by atomic mass is 79.9.